The second-order valence-electron chi connectivity index (χ2n) is 3.45. The van der Waals surface area contributed by atoms with Crippen LogP contribution in [0.4, 0.5) is 0 Å². The molecule has 0 saturated heterocycles. The van der Waals surface area contributed by atoms with E-state index >= 15 is 0 Å². The third kappa shape index (κ3) is 2.69. The standard InChI is InChI=1S/C10H13Cl2NO2S/c1-8(7-11)13(2)16(14,15)10-6-4-3-5-9(10)12/h3-6,8H,7H2,1-2H3. The zero-order valence-electron chi connectivity index (χ0n) is 9.02. The van der Waals surface area contributed by atoms with Gasteiger partial charge in [0.1, 0.15) is 4.90 Å². The third-order valence-electron chi connectivity index (χ3n) is 2.34. The molecule has 6 heteroatoms. The molecular formula is C10H13Cl2NO2S. The highest BCUT2D eigenvalue weighted by atomic mass is 35.5. The summed E-state index contributed by atoms with van der Waals surface area (Å²) in [5.74, 6) is 0.236. The fourth-order valence-electron chi connectivity index (χ4n) is 1.14. The minimum atomic E-state index is -3.56. The Hall–Kier alpha value is -0.290. The van der Waals surface area contributed by atoms with Gasteiger partial charge >= 0.3 is 0 Å². The van der Waals surface area contributed by atoms with Crippen LogP contribution in [0.25, 0.3) is 0 Å². The van der Waals surface area contributed by atoms with Crippen molar-refractivity contribution in [2.75, 3.05) is 12.9 Å². The quantitative estimate of drug-likeness (QED) is 0.796. The van der Waals surface area contributed by atoms with Crippen molar-refractivity contribution in [3.8, 4) is 0 Å². The zero-order chi connectivity index (χ0) is 12.3. The van der Waals surface area contributed by atoms with Crippen LogP contribution in [0.2, 0.25) is 5.02 Å². The molecule has 16 heavy (non-hydrogen) atoms. The summed E-state index contributed by atoms with van der Waals surface area (Å²) < 4.78 is 25.5. The molecule has 0 N–H and O–H groups in total. The van der Waals surface area contributed by atoms with Crippen LogP contribution in [-0.4, -0.2) is 31.7 Å². The van der Waals surface area contributed by atoms with Gasteiger partial charge in [0, 0.05) is 19.0 Å². The number of nitrogens with zero attached hydrogens (tertiary/aromatic N) is 1. The van der Waals surface area contributed by atoms with E-state index in [0.29, 0.717) is 0 Å². The lowest BCUT2D eigenvalue weighted by Crippen LogP contribution is -2.36. The van der Waals surface area contributed by atoms with Gasteiger partial charge in [-0.05, 0) is 19.1 Å². The van der Waals surface area contributed by atoms with E-state index in [1.165, 1.54) is 17.4 Å². The summed E-state index contributed by atoms with van der Waals surface area (Å²) in [5.41, 5.74) is 0. The van der Waals surface area contributed by atoms with E-state index in [1.54, 1.807) is 25.1 Å². The van der Waals surface area contributed by atoms with Gasteiger partial charge in [-0.2, -0.15) is 4.31 Å². The molecule has 0 heterocycles. The number of hydrogen-bond acceptors (Lipinski definition) is 2. The first kappa shape index (κ1) is 13.8. The van der Waals surface area contributed by atoms with Crippen LogP contribution in [-0.2, 0) is 10.0 Å². The van der Waals surface area contributed by atoms with Gasteiger partial charge in [-0.15, -0.1) is 11.6 Å². The fourth-order valence-corrected chi connectivity index (χ4v) is 3.28. The van der Waals surface area contributed by atoms with Crippen molar-refractivity contribution in [2.24, 2.45) is 0 Å². The largest absolute Gasteiger partial charge is 0.244 e. The summed E-state index contributed by atoms with van der Waals surface area (Å²) in [6.45, 7) is 1.74. The molecule has 0 aliphatic carbocycles. The first-order chi connectivity index (χ1) is 7.41. The van der Waals surface area contributed by atoms with Gasteiger partial charge in [-0.3, -0.25) is 0 Å². The molecule has 0 bridgehead atoms. The maximum atomic E-state index is 12.1. The normalized spacial score (nSPS) is 14.1. The third-order valence-corrected chi connectivity index (χ3v) is 5.26. The summed E-state index contributed by atoms with van der Waals surface area (Å²) >= 11 is 11.5. The molecule has 0 aliphatic rings. The minimum absolute atomic E-state index is 0.108. The van der Waals surface area contributed by atoms with Crippen LogP contribution < -0.4 is 0 Å². The van der Waals surface area contributed by atoms with Crippen molar-refractivity contribution in [1.29, 1.82) is 0 Å². The van der Waals surface area contributed by atoms with E-state index in [2.05, 4.69) is 0 Å². The van der Waals surface area contributed by atoms with Crippen molar-refractivity contribution in [1.82, 2.24) is 4.31 Å². The zero-order valence-corrected chi connectivity index (χ0v) is 11.4. The highest BCUT2D eigenvalue weighted by molar-refractivity contribution is 7.89. The predicted molar refractivity (Wildman–Crippen MR) is 66.6 cm³/mol. The molecule has 1 aromatic carbocycles. The molecule has 0 fully saturated rings. The molecule has 0 aliphatic heterocycles. The van der Waals surface area contributed by atoms with Crippen molar-refractivity contribution in [3.63, 3.8) is 0 Å². The minimum Gasteiger partial charge on any atom is -0.207 e. The second kappa shape index (κ2) is 5.36. The Morgan fingerprint density at radius 2 is 1.94 bits per heavy atom. The van der Waals surface area contributed by atoms with E-state index in [4.69, 9.17) is 23.2 Å². The van der Waals surface area contributed by atoms with Gasteiger partial charge in [0.2, 0.25) is 10.0 Å². The Morgan fingerprint density at radius 3 is 2.44 bits per heavy atom. The summed E-state index contributed by atoms with van der Waals surface area (Å²) in [7, 11) is -2.07. The Kier molecular flexibility index (Phi) is 4.62. The molecule has 0 saturated carbocycles. The van der Waals surface area contributed by atoms with E-state index in [1.807, 2.05) is 0 Å². The molecule has 1 unspecified atom stereocenters. The van der Waals surface area contributed by atoms with Crippen molar-refractivity contribution >= 4 is 33.2 Å². The summed E-state index contributed by atoms with van der Waals surface area (Å²) in [4.78, 5) is 0.108. The van der Waals surface area contributed by atoms with Crippen LogP contribution >= 0.6 is 23.2 Å². The molecule has 1 aromatic rings. The molecule has 90 valence electrons. The smallest absolute Gasteiger partial charge is 0.207 e. The van der Waals surface area contributed by atoms with E-state index in [0.717, 1.165) is 0 Å². The van der Waals surface area contributed by atoms with E-state index in [-0.39, 0.29) is 21.8 Å². The average molecular weight is 282 g/mol. The number of benzene rings is 1. The molecule has 0 aromatic heterocycles. The van der Waals surface area contributed by atoms with Gasteiger partial charge in [0.15, 0.2) is 0 Å². The molecule has 1 atom stereocenters. The Morgan fingerprint density at radius 1 is 1.38 bits per heavy atom. The van der Waals surface area contributed by atoms with Crippen molar-refractivity contribution < 1.29 is 8.42 Å². The van der Waals surface area contributed by atoms with Gasteiger partial charge in [-0.1, -0.05) is 23.7 Å². The first-order valence-corrected chi connectivity index (χ1v) is 7.05. The highest BCUT2D eigenvalue weighted by Gasteiger charge is 2.26. The first-order valence-electron chi connectivity index (χ1n) is 4.69. The van der Waals surface area contributed by atoms with Crippen molar-refractivity contribution in [3.05, 3.63) is 29.3 Å². The molecular weight excluding hydrogens is 269 g/mol. The maximum absolute atomic E-state index is 12.1. The van der Waals surface area contributed by atoms with Crippen LogP contribution in [0, 0.1) is 0 Å². The molecule has 0 radical (unpaired) electrons. The number of rotatable bonds is 4. The molecule has 0 spiro atoms. The Labute approximate surface area is 106 Å². The monoisotopic (exact) mass is 281 g/mol. The Balaban J connectivity index is 3.17. The van der Waals surface area contributed by atoms with Crippen LogP contribution in [0.15, 0.2) is 29.2 Å². The van der Waals surface area contributed by atoms with Gasteiger partial charge in [-0.25, -0.2) is 8.42 Å². The highest BCUT2D eigenvalue weighted by Crippen LogP contribution is 2.24. The summed E-state index contributed by atoms with van der Waals surface area (Å²) in [6.07, 6.45) is 0. The van der Waals surface area contributed by atoms with Crippen LogP contribution in [0.3, 0.4) is 0 Å². The molecule has 3 nitrogen and oxygen atoms in total. The predicted octanol–water partition coefficient (Wildman–Crippen LogP) is 2.59. The summed E-state index contributed by atoms with van der Waals surface area (Å²) in [5, 5.41) is 0.219. The topological polar surface area (TPSA) is 37.4 Å². The van der Waals surface area contributed by atoms with Gasteiger partial charge in [0.25, 0.3) is 0 Å². The fraction of sp³-hybridized carbons (Fsp3) is 0.400. The number of hydrogen-bond donors (Lipinski definition) is 0. The summed E-state index contributed by atoms with van der Waals surface area (Å²) in [6, 6.07) is 6.08. The molecule has 1 rings (SSSR count). The van der Waals surface area contributed by atoms with E-state index < -0.39 is 10.0 Å². The lowest BCUT2D eigenvalue weighted by Gasteiger charge is -2.22. The second-order valence-corrected chi connectivity index (χ2v) is 6.14. The number of halogens is 2. The maximum Gasteiger partial charge on any atom is 0.244 e. The number of sulfonamides is 1. The van der Waals surface area contributed by atoms with Crippen LogP contribution in [0.5, 0.6) is 0 Å². The van der Waals surface area contributed by atoms with Gasteiger partial charge in [0.05, 0.1) is 5.02 Å². The lowest BCUT2D eigenvalue weighted by molar-refractivity contribution is 0.413. The van der Waals surface area contributed by atoms with Gasteiger partial charge < -0.3 is 0 Å². The van der Waals surface area contributed by atoms with Crippen molar-refractivity contribution in [2.45, 2.75) is 17.9 Å². The SMILES string of the molecule is CC(CCl)N(C)S(=O)(=O)c1ccccc1Cl. The Bertz CT molecular complexity index is 462. The average Bonchev–Trinajstić information content (AvgIpc) is 2.27. The van der Waals surface area contributed by atoms with E-state index in [9.17, 15) is 8.42 Å². The molecule has 0 amide bonds. The number of alkyl halides is 1. The lowest BCUT2D eigenvalue weighted by atomic mass is 10.4. The van der Waals surface area contributed by atoms with Crippen LogP contribution in [0.1, 0.15) is 6.92 Å².